The minimum Gasteiger partial charge on any atom is -0.508 e. The molecule has 4 aromatic rings. The van der Waals surface area contributed by atoms with E-state index in [-0.39, 0.29) is 35.1 Å². The molecule has 5 N–H and O–H groups in total. The van der Waals surface area contributed by atoms with E-state index < -0.39 is 0 Å². The predicted molar refractivity (Wildman–Crippen MR) is 173 cm³/mol. The standard InChI is InChI=1S/C19H23NO4.C17H19NO3/c1-20-7-6-13-10-19(24-3)17(22)11-14(13)15(20)8-12-4-5-18(23-2)16(21)9-12;1-21-17-9-12-6-7-18-15(14(12)10-16(17)20)8-11-2-4-13(19)5-3-11/h4-5,9-11,15,21-22H,6-8H2,1-3H3;2-5,9-10,15,18-20H,6-8H2,1H3. The number of hydrogen-bond donors (Lipinski definition) is 5. The lowest BCUT2D eigenvalue weighted by molar-refractivity contribution is 0.228. The highest BCUT2D eigenvalue weighted by molar-refractivity contribution is 5.50. The summed E-state index contributed by atoms with van der Waals surface area (Å²) in [6.07, 6.45) is 3.41. The number of hydrogen-bond acceptors (Lipinski definition) is 9. The van der Waals surface area contributed by atoms with E-state index in [1.165, 1.54) is 18.2 Å². The third-order valence-corrected chi connectivity index (χ3v) is 8.72. The molecule has 238 valence electrons. The largest absolute Gasteiger partial charge is 0.508 e. The zero-order valence-corrected chi connectivity index (χ0v) is 26.2. The molecule has 2 aliphatic rings. The van der Waals surface area contributed by atoms with Gasteiger partial charge in [0.05, 0.1) is 21.3 Å². The fraction of sp³-hybridized carbons (Fsp3) is 0.333. The van der Waals surface area contributed by atoms with Gasteiger partial charge in [-0.05, 0) is 121 Å². The second-order valence-electron chi connectivity index (χ2n) is 11.5. The number of phenols is 4. The summed E-state index contributed by atoms with van der Waals surface area (Å²) in [6, 6.07) is 20.5. The number of ether oxygens (including phenoxy) is 3. The van der Waals surface area contributed by atoms with Crippen LogP contribution < -0.4 is 19.5 Å². The Bertz CT molecular complexity index is 1620. The van der Waals surface area contributed by atoms with Gasteiger partial charge in [0.1, 0.15) is 5.75 Å². The first-order valence-corrected chi connectivity index (χ1v) is 15.1. The molecule has 6 rings (SSSR count). The highest BCUT2D eigenvalue weighted by Gasteiger charge is 2.27. The molecule has 0 saturated heterocycles. The van der Waals surface area contributed by atoms with Crippen molar-refractivity contribution in [1.82, 2.24) is 10.2 Å². The van der Waals surface area contributed by atoms with Crippen LogP contribution in [0, 0.1) is 0 Å². The number of nitrogens with one attached hydrogen (secondary N) is 1. The van der Waals surface area contributed by atoms with E-state index in [1.807, 2.05) is 30.3 Å². The lowest BCUT2D eigenvalue weighted by atomic mass is 9.88. The van der Waals surface area contributed by atoms with Crippen LogP contribution in [0.2, 0.25) is 0 Å². The van der Waals surface area contributed by atoms with Gasteiger partial charge in [-0.1, -0.05) is 18.2 Å². The SMILES string of the molecule is COc1cc2c(cc1O)C(Cc1ccc(O)cc1)NCC2.COc1ccc(CC2c3cc(O)c(OC)cc3CCN2C)cc1O. The molecule has 2 aliphatic heterocycles. The zero-order chi connectivity index (χ0) is 32.1. The Morgan fingerprint density at radius 2 is 1.24 bits per heavy atom. The fourth-order valence-corrected chi connectivity index (χ4v) is 6.23. The fourth-order valence-electron chi connectivity index (χ4n) is 6.23. The number of rotatable bonds is 7. The van der Waals surface area contributed by atoms with E-state index in [1.54, 1.807) is 50.6 Å². The smallest absolute Gasteiger partial charge is 0.160 e. The van der Waals surface area contributed by atoms with Crippen molar-refractivity contribution in [2.75, 3.05) is 41.5 Å². The highest BCUT2D eigenvalue weighted by Crippen LogP contribution is 2.39. The van der Waals surface area contributed by atoms with Crippen LogP contribution in [0.1, 0.15) is 45.5 Å². The van der Waals surface area contributed by atoms with Gasteiger partial charge in [0, 0.05) is 18.6 Å². The van der Waals surface area contributed by atoms with E-state index in [0.717, 1.165) is 61.0 Å². The summed E-state index contributed by atoms with van der Waals surface area (Å²) in [7, 11) is 6.75. The molecule has 0 fully saturated rings. The van der Waals surface area contributed by atoms with E-state index in [4.69, 9.17) is 14.2 Å². The zero-order valence-electron chi connectivity index (χ0n) is 26.2. The van der Waals surface area contributed by atoms with Crippen molar-refractivity contribution in [1.29, 1.82) is 0 Å². The van der Waals surface area contributed by atoms with E-state index >= 15 is 0 Å². The molecule has 0 aromatic heterocycles. The predicted octanol–water partition coefficient (Wildman–Crippen LogP) is 5.42. The number of phenolic OH excluding ortho intramolecular Hbond substituents is 4. The molecular weight excluding hydrogens is 572 g/mol. The van der Waals surface area contributed by atoms with Crippen molar-refractivity contribution < 1.29 is 34.6 Å². The van der Waals surface area contributed by atoms with Gasteiger partial charge in [-0.15, -0.1) is 0 Å². The number of fused-ring (bicyclic) bond motifs is 2. The Morgan fingerprint density at radius 3 is 1.87 bits per heavy atom. The summed E-state index contributed by atoms with van der Waals surface area (Å²) in [6.45, 7) is 1.84. The van der Waals surface area contributed by atoms with Crippen LogP contribution in [0.15, 0.2) is 66.7 Å². The molecule has 9 heteroatoms. The Hall–Kier alpha value is -4.60. The molecule has 2 unspecified atom stereocenters. The van der Waals surface area contributed by atoms with Crippen molar-refractivity contribution in [2.24, 2.45) is 0 Å². The van der Waals surface area contributed by atoms with Gasteiger partial charge in [0.15, 0.2) is 34.5 Å². The number of aromatic hydroxyl groups is 4. The molecule has 0 saturated carbocycles. The van der Waals surface area contributed by atoms with Crippen molar-refractivity contribution in [3.63, 3.8) is 0 Å². The molecule has 9 nitrogen and oxygen atoms in total. The van der Waals surface area contributed by atoms with Gasteiger partial charge in [-0.3, -0.25) is 4.90 Å². The minimum atomic E-state index is 0.137. The highest BCUT2D eigenvalue weighted by atomic mass is 16.5. The van der Waals surface area contributed by atoms with Gasteiger partial charge in [0.25, 0.3) is 0 Å². The lowest BCUT2D eigenvalue weighted by Gasteiger charge is -2.35. The first kappa shape index (κ1) is 31.8. The molecule has 2 atom stereocenters. The summed E-state index contributed by atoms with van der Waals surface area (Å²) in [5.41, 5.74) is 6.81. The van der Waals surface area contributed by atoms with Crippen LogP contribution in [0.5, 0.6) is 40.2 Å². The second-order valence-corrected chi connectivity index (χ2v) is 11.5. The Balaban J connectivity index is 0.000000179. The molecule has 0 aliphatic carbocycles. The van der Waals surface area contributed by atoms with Gasteiger partial charge in [0.2, 0.25) is 0 Å². The van der Waals surface area contributed by atoms with Gasteiger partial charge >= 0.3 is 0 Å². The molecule has 0 amide bonds. The second kappa shape index (κ2) is 14.0. The monoisotopic (exact) mass is 614 g/mol. The average Bonchev–Trinajstić information content (AvgIpc) is 3.04. The topological polar surface area (TPSA) is 124 Å². The van der Waals surface area contributed by atoms with E-state index in [0.29, 0.717) is 17.2 Å². The third-order valence-electron chi connectivity index (χ3n) is 8.72. The molecule has 0 radical (unpaired) electrons. The molecule has 2 heterocycles. The summed E-state index contributed by atoms with van der Waals surface area (Å²) >= 11 is 0. The molecular formula is C36H42N2O7. The minimum absolute atomic E-state index is 0.137. The normalized spacial score (nSPS) is 17.3. The third kappa shape index (κ3) is 7.21. The van der Waals surface area contributed by atoms with Gasteiger partial charge in [-0.2, -0.15) is 0 Å². The van der Waals surface area contributed by atoms with Crippen molar-refractivity contribution in [3.05, 3.63) is 100 Å². The summed E-state index contributed by atoms with van der Waals surface area (Å²) in [5, 5.41) is 43.0. The maximum absolute atomic E-state index is 10.1. The van der Waals surface area contributed by atoms with E-state index in [9.17, 15) is 20.4 Å². The van der Waals surface area contributed by atoms with Crippen LogP contribution in [-0.4, -0.2) is 66.8 Å². The Morgan fingerprint density at radius 1 is 0.667 bits per heavy atom. The lowest BCUT2D eigenvalue weighted by Crippen LogP contribution is -2.33. The van der Waals surface area contributed by atoms with Crippen LogP contribution in [0.3, 0.4) is 0 Å². The van der Waals surface area contributed by atoms with Crippen molar-refractivity contribution in [3.8, 4) is 40.2 Å². The molecule has 0 bridgehead atoms. The maximum Gasteiger partial charge on any atom is 0.160 e. The van der Waals surface area contributed by atoms with Crippen LogP contribution in [0.4, 0.5) is 0 Å². The van der Waals surface area contributed by atoms with Gasteiger partial charge < -0.3 is 40.0 Å². The first-order chi connectivity index (χ1) is 21.7. The summed E-state index contributed by atoms with van der Waals surface area (Å²) in [5.74, 6) is 2.27. The van der Waals surface area contributed by atoms with Crippen LogP contribution >= 0.6 is 0 Å². The Labute approximate surface area is 264 Å². The number of methoxy groups -OCH3 is 3. The molecule has 0 spiro atoms. The first-order valence-electron chi connectivity index (χ1n) is 15.1. The summed E-state index contributed by atoms with van der Waals surface area (Å²) in [4.78, 5) is 2.27. The Kier molecular flexibility index (Phi) is 9.90. The number of nitrogens with zero attached hydrogens (tertiary/aromatic N) is 1. The van der Waals surface area contributed by atoms with E-state index in [2.05, 4.69) is 17.3 Å². The summed E-state index contributed by atoms with van der Waals surface area (Å²) < 4.78 is 15.5. The van der Waals surface area contributed by atoms with Crippen molar-refractivity contribution >= 4 is 0 Å². The number of benzene rings is 4. The van der Waals surface area contributed by atoms with Crippen LogP contribution in [-0.2, 0) is 25.7 Å². The molecule has 45 heavy (non-hydrogen) atoms. The number of likely N-dealkylation sites (N-methyl/N-ethyl adjacent to an activating group) is 1. The van der Waals surface area contributed by atoms with Gasteiger partial charge in [-0.25, -0.2) is 0 Å². The van der Waals surface area contributed by atoms with Crippen LogP contribution in [0.25, 0.3) is 0 Å². The average molecular weight is 615 g/mol. The van der Waals surface area contributed by atoms with Crippen molar-refractivity contribution in [2.45, 2.75) is 37.8 Å². The molecule has 4 aromatic carbocycles. The maximum atomic E-state index is 10.1. The quantitative estimate of drug-likeness (QED) is 0.186.